The number of carbonyl (C=O) groups excluding carboxylic acids is 1. The van der Waals surface area contributed by atoms with E-state index in [1.54, 1.807) is 0 Å². The SMILES string of the molecule is CCN(CC)CCCNC(=O)Nc1cc(C(F)(F)F)ccc1Cl. The van der Waals surface area contributed by atoms with Gasteiger partial charge in [0.15, 0.2) is 0 Å². The van der Waals surface area contributed by atoms with Crippen molar-refractivity contribution in [3.8, 4) is 0 Å². The Balaban J connectivity index is 2.51. The number of nitrogens with zero attached hydrogens (tertiary/aromatic N) is 1. The molecule has 0 aliphatic heterocycles. The molecule has 4 nitrogen and oxygen atoms in total. The van der Waals surface area contributed by atoms with Gasteiger partial charge in [-0.05, 0) is 44.3 Å². The largest absolute Gasteiger partial charge is 0.416 e. The third-order valence-corrected chi connectivity index (χ3v) is 3.70. The molecule has 8 heteroatoms. The molecule has 0 atom stereocenters. The predicted molar refractivity (Wildman–Crippen MR) is 85.9 cm³/mol. The summed E-state index contributed by atoms with van der Waals surface area (Å²) >= 11 is 5.81. The van der Waals surface area contributed by atoms with Gasteiger partial charge in [-0.25, -0.2) is 4.79 Å². The first-order valence-corrected chi connectivity index (χ1v) is 7.79. The van der Waals surface area contributed by atoms with Crippen LogP contribution < -0.4 is 10.6 Å². The van der Waals surface area contributed by atoms with Crippen LogP contribution >= 0.6 is 11.6 Å². The third-order valence-electron chi connectivity index (χ3n) is 3.37. The number of carbonyl (C=O) groups is 1. The number of amides is 2. The monoisotopic (exact) mass is 351 g/mol. The minimum absolute atomic E-state index is 0.0521. The predicted octanol–water partition coefficient (Wildman–Crippen LogP) is 4.21. The number of halogens is 4. The lowest BCUT2D eigenvalue weighted by Crippen LogP contribution is -2.32. The number of nitrogens with one attached hydrogen (secondary N) is 2. The van der Waals surface area contributed by atoms with Crippen molar-refractivity contribution in [2.75, 3.05) is 31.5 Å². The van der Waals surface area contributed by atoms with Gasteiger partial charge in [0.1, 0.15) is 0 Å². The molecule has 2 N–H and O–H groups in total. The van der Waals surface area contributed by atoms with E-state index in [4.69, 9.17) is 11.6 Å². The van der Waals surface area contributed by atoms with Crippen molar-refractivity contribution in [3.63, 3.8) is 0 Å². The molecule has 1 aromatic rings. The molecule has 23 heavy (non-hydrogen) atoms. The topological polar surface area (TPSA) is 44.4 Å². The molecule has 0 aromatic heterocycles. The van der Waals surface area contributed by atoms with Crippen LogP contribution in [0.15, 0.2) is 18.2 Å². The Labute approximate surface area is 139 Å². The molecule has 130 valence electrons. The van der Waals surface area contributed by atoms with E-state index < -0.39 is 17.8 Å². The minimum Gasteiger partial charge on any atom is -0.338 e. The maximum Gasteiger partial charge on any atom is 0.416 e. The highest BCUT2D eigenvalue weighted by atomic mass is 35.5. The molecule has 1 rings (SSSR count). The molecule has 0 radical (unpaired) electrons. The van der Waals surface area contributed by atoms with E-state index in [0.717, 1.165) is 44.3 Å². The maximum atomic E-state index is 12.7. The molecule has 0 aliphatic rings. The second-order valence-corrected chi connectivity index (χ2v) is 5.36. The molecule has 0 saturated carbocycles. The van der Waals surface area contributed by atoms with Gasteiger partial charge in [0.25, 0.3) is 0 Å². The summed E-state index contributed by atoms with van der Waals surface area (Å²) in [6, 6.07) is 2.22. The zero-order valence-corrected chi connectivity index (χ0v) is 13.9. The Morgan fingerprint density at radius 3 is 2.48 bits per heavy atom. The molecule has 1 aromatic carbocycles. The standard InChI is InChI=1S/C15H21ClF3N3O/c1-3-22(4-2)9-5-8-20-14(23)21-13-10-11(15(17,18)19)6-7-12(13)16/h6-7,10H,3-5,8-9H2,1-2H3,(H2,20,21,23). The van der Waals surface area contributed by atoms with Gasteiger partial charge < -0.3 is 15.5 Å². The van der Waals surface area contributed by atoms with Crippen LogP contribution in [0.5, 0.6) is 0 Å². The van der Waals surface area contributed by atoms with Crippen molar-refractivity contribution in [1.29, 1.82) is 0 Å². The Morgan fingerprint density at radius 2 is 1.91 bits per heavy atom. The average molecular weight is 352 g/mol. The summed E-state index contributed by atoms with van der Waals surface area (Å²) in [4.78, 5) is 13.9. The first-order valence-electron chi connectivity index (χ1n) is 7.41. The van der Waals surface area contributed by atoms with Gasteiger partial charge in [-0.1, -0.05) is 25.4 Å². The van der Waals surface area contributed by atoms with E-state index in [9.17, 15) is 18.0 Å². The van der Waals surface area contributed by atoms with Crippen LogP contribution in [0, 0.1) is 0 Å². The number of rotatable bonds is 7. The number of hydrogen-bond acceptors (Lipinski definition) is 2. The highest BCUT2D eigenvalue weighted by molar-refractivity contribution is 6.33. The Morgan fingerprint density at radius 1 is 1.26 bits per heavy atom. The van der Waals surface area contributed by atoms with Crippen LogP contribution in [0.3, 0.4) is 0 Å². The quantitative estimate of drug-likeness (QED) is 0.723. The van der Waals surface area contributed by atoms with Crippen molar-refractivity contribution < 1.29 is 18.0 Å². The van der Waals surface area contributed by atoms with Crippen molar-refractivity contribution >= 4 is 23.3 Å². The van der Waals surface area contributed by atoms with Crippen molar-refractivity contribution in [3.05, 3.63) is 28.8 Å². The number of benzene rings is 1. The summed E-state index contributed by atoms with van der Waals surface area (Å²) in [5.41, 5.74) is -0.929. The van der Waals surface area contributed by atoms with E-state index in [1.165, 1.54) is 0 Å². The van der Waals surface area contributed by atoms with Crippen LogP contribution in [0.2, 0.25) is 5.02 Å². The molecule has 0 fully saturated rings. The minimum atomic E-state index is -4.48. The molecular formula is C15H21ClF3N3O. The Kier molecular flexibility index (Phi) is 7.64. The molecule has 0 aliphatic carbocycles. The number of urea groups is 1. The molecule has 0 unspecified atom stereocenters. The second-order valence-electron chi connectivity index (χ2n) is 4.95. The first kappa shape index (κ1) is 19.6. The van der Waals surface area contributed by atoms with Gasteiger partial charge in [-0.15, -0.1) is 0 Å². The smallest absolute Gasteiger partial charge is 0.338 e. The van der Waals surface area contributed by atoms with Crippen LogP contribution in [0.25, 0.3) is 0 Å². The van der Waals surface area contributed by atoms with Gasteiger partial charge in [-0.3, -0.25) is 0 Å². The first-order chi connectivity index (χ1) is 10.8. The summed E-state index contributed by atoms with van der Waals surface area (Å²) in [6.45, 7) is 7.25. The van der Waals surface area contributed by atoms with Crippen LogP contribution in [0.4, 0.5) is 23.7 Å². The zero-order valence-electron chi connectivity index (χ0n) is 13.1. The molecule has 0 spiro atoms. The summed E-state index contributed by atoms with van der Waals surface area (Å²) in [5, 5.41) is 5.00. The van der Waals surface area contributed by atoms with Crippen LogP contribution in [0.1, 0.15) is 25.8 Å². The summed E-state index contributed by atoms with van der Waals surface area (Å²) < 4.78 is 38.0. The Hall–Kier alpha value is -1.47. The van der Waals surface area contributed by atoms with E-state index in [2.05, 4.69) is 29.4 Å². The normalized spacial score (nSPS) is 11.6. The van der Waals surface area contributed by atoms with Crippen molar-refractivity contribution in [2.24, 2.45) is 0 Å². The van der Waals surface area contributed by atoms with Crippen molar-refractivity contribution in [2.45, 2.75) is 26.4 Å². The summed E-state index contributed by atoms with van der Waals surface area (Å²) in [6.07, 6.45) is -3.73. The van der Waals surface area contributed by atoms with Gasteiger partial charge in [0.2, 0.25) is 0 Å². The summed E-state index contributed by atoms with van der Waals surface area (Å²) in [5.74, 6) is 0. The van der Waals surface area contributed by atoms with Crippen LogP contribution in [-0.4, -0.2) is 37.1 Å². The van der Waals surface area contributed by atoms with Gasteiger partial charge in [0, 0.05) is 6.54 Å². The van der Waals surface area contributed by atoms with E-state index in [1.807, 2.05) is 0 Å². The number of anilines is 1. The zero-order chi connectivity index (χ0) is 17.5. The van der Waals surface area contributed by atoms with Gasteiger partial charge in [0.05, 0.1) is 16.3 Å². The third kappa shape index (κ3) is 6.66. The molecule has 2 amide bonds. The second kappa shape index (κ2) is 8.98. The van der Waals surface area contributed by atoms with E-state index in [-0.39, 0.29) is 10.7 Å². The number of alkyl halides is 3. The lowest BCUT2D eigenvalue weighted by molar-refractivity contribution is -0.137. The molecule has 0 heterocycles. The van der Waals surface area contributed by atoms with Crippen LogP contribution in [-0.2, 0) is 6.18 Å². The highest BCUT2D eigenvalue weighted by Crippen LogP contribution is 2.33. The van der Waals surface area contributed by atoms with Crippen molar-refractivity contribution in [1.82, 2.24) is 10.2 Å². The molecular weight excluding hydrogens is 331 g/mol. The van der Waals surface area contributed by atoms with Gasteiger partial charge >= 0.3 is 12.2 Å². The summed E-state index contributed by atoms with van der Waals surface area (Å²) in [7, 11) is 0. The average Bonchev–Trinajstić information content (AvgIpc) is 2.48. The fourth-order valence-corrected chi connectivity index (χ4v) is 2.17. The lowest BCUT2D eigenvalue weighted by Gasteiger charge is -2.18. The fraction of sp³-hybridized carbons (Fsp3) is 0.533. The molecule has 0 saturated heterocycles. The van der Waals surface area contributed by atoms with E-state index in [0.29, 0.717) is 6.54 Å². The Bertz CT molecular complexity index is 519. The number of hydrogen-bond donors (Lipinski definition) is 2. The van der Waals surface area contributed by atoms with E-state index >= 15 is 0 Å². The molecule has 0 bridgehead atoms. The lowest BCUT2D eigenvalue weighted by atomic mass is 10.2. The fourth-order valence-electron chi connectivity index (χ4n) is 2.01. The highest BCUT2D eigenvalue weighted by Gasteiger charge is 2.31. The maximum absolute atomic E-state index is 12.7. The van der Waals surface area contributed by atoms with Gasteiger partial charge in [-0.2, -0.15) is 13.2 Å².